The molecule has 2 aromatic carbocycles. The maximum Gasteiger partial charge on any atom is 0.573 e. The number of amides is 1. The summed E-state index contributed by atoms with van der Waals surface area (Å²) in [6, 6.07) is 11.4. The number of halogens is 4. The number of alkyl halides is 3. The molecule has 1 N–H and O–H groups in total. The van der Waals surface area contributed by atoms with E-state index in [9.17, 15) is 22.4 Å². The van der Waals surface area contributed by atoms with Crippen molar-refractivity contribution in [1.82, 2.24) is 20.1 Å². The van der Waals surface area contributed by atoms with Crippen molar-refractivity contribution in [2.45, 2.75) is 18.3 Å². The summed E-state index contributed by atoms with van der Waals surface area (Å²) in [5, 5.41) is 7.87. The standard InChI is InChI=1S/C24H18F4N4O3/c1-32-18-6-4-14(11-15(18)13-30-32)22(33)31-23(8-10-34-20-3-2-9-29-21(20)23)16-5-7-19(17(25)12-16)35-24(26,27)28/h2-7,9,11-13H,8,10H2,1H3,(H,31,33)/t23-/m0/s1. The molecule has 3 heterocycles. The smallest absolute Gasteiger partial charge is 0.491 e. The Labute approximate surface area is 196 Å². The normalized spacial score (nSPS) is 17.5. The van der Waals surface area contributed by atoms with Crippen molar-refractivity contribution in [3.8, 4) is 11.5 Å². The fourth-order valence-corrected chi connectivity index (χ4v) is 4.28. The predicted octanol–water partition coefficient (Wildman–Crippen LogP) is 4.46. The number of nitrogens with one attached hydrogen (secondary N) is 1. The van der Waals surface area contributed by atoms with Gasteiger partial charge < -0.3 is 14.8 Å². The Hall–Kier alpha value is -4.15. The highest BCUT2D eigenvalue weighted by Crippen LogP contribution is 2.42. The average molecular weight is 486 g/mol. The summed E-state index contributed by atoms with van der Waals surface area (Å²) < 4.78 is 63.8. The lowest BCUT2D eigenvalue weighted by molar-refractivity contribution is -0.275. The second kappa shape index (κ2) is 8.26. The van der Waals surface area contributed by atoms with Gasteiger partial charge in [0, 0.05) is 30.6 Å². The summed E-state index contributed by atoms with van der Waals surface area (Å²) in [7, 11) is 1.78. The van der Waals surface area contributed by atoms with Gasteiger partial charge in [-0.1, -0.05) is 6.07 Å². The van der Waals surface area contributed by atoms with Crippen LogP contribution in [0.5, 0.6) is 11.5 Å². The highest BCUT2D eigenvalue weighted by atomic mass is 19.4. The highest BCUT2D eigenvalue weighted by molar-refractivity contribution is 5.98. The lowest BCUT2D eigenvalue weighted by atomic mass is 9.81. The molecule has 0 fully saturated rings. The molecule has 1 aliphatic rings. The number of fused-ring (bicyclic) bond motifs is 2. The third-order valence-electron chi connectivity index (χ3n) is 5.90. The van der Waals surface area contributed by atoms with Gasteiger partial charge in [-0.15, -0.1) is 13.2 Å². The Kier molecular flexibility index (Phi) is 5.34. The van der Waals surface area contributed by atoms with Crippen LogP contribution in [0.2, 0.25) is 0 Å². The maximum absolute atomic E-state index is 14.7. The van der Waals surface area contributed by atoms with Crippen molar-refractivity contribution < 1.29 is 31.8 Å². The van der Waals surface area contributed by atoms with Crippen LogP contribution in [0.25, 0.3) is 10.9 Å². The van der Waals surface area contributed by atoms with E-state index in [4.69, 9.17) is 4.74 Å². The molecule has 0 radical (unpaired) electrons. The van der Waals surface area contributed by atoms with Crippen molar-refractivity contribution >= 4 is 16.8 Å². The van der Waals surface area contributed by atoms with Gasteiger partial charge in [0.2, 0.25) is 0 Å². The van der Waals surface area contributed by atoms with E-state index >= 15 is 0 Å². The van der Waals surface area contributed by atoms with E-state index < -0.39 is 29.4 Å². The third kappa shape index (κ3) is 4.13. The van der Waals surface area contributed by atoms with E-state index in [-0.39, 0.29) is 18.6 Å². The second-order valence-electron chi connectivity index (χ2n) is 8.04. The molecule has 0 saturated carbocycles. The summed E-state index contributed by atoms with van der Waals surface area (Å²) in [5.74, 6) is -2.31. The zero-order valence-electron chi connectivity index (χ0n) is 18.3. The van der Waals surface area contributed by atoms with Crippen LogP contribution in [-0.2, 0) is 12.6 Å². The Morgan fingerprint density at radius 1 is 1.20 bits per heavy atom. The molecular weight excluding hydrogens is 468 g/mol. The SMILES string of the molecule is Cn1ncc2cc(C(=O)N[C@]3(c4ccc(OC(F)(F)F)c(F)c4)CCOc4cccnc43)ccc21. The van der Waals surface area contributed by atoms with E-state index in [1.54, 1.807) is 48.3 Å². The highest BCUT2D eigenvalue weighted by Gasteiger charge is 2.43. The number of rotatable bonds is 4. The van der Waals surface area contributed by atoms with Crippen LogP contribution in [-0.4, -0.2) is 33.6 Å². The van der Waals surface area contributed by atoms with Gasteiger partial charge in [-0.3, -0.25) is 14.5 Å². The molecule has 7 nitrogen and oxygen atoms in total. The molecule has 0 unspecified atom stereocenters. The molecule has 5 rings (SSSR count). The van der Waals surface area contributed by atoms with Crippen LogP contribution >= 0.6 is 0 Å². The Morgan fingerprint density at radius 2 is 2.03 bits per heavy atom. The first kappa shape index (κ1) is 22.6. The summed E-state index contributed by atoms with van der Waals surface area (Å²) in [6.45, 7) is 0.156. The van der Waals surface area contributed by atoms with Crippen LogP contribution in [0.4, 0.5) is 17.6 Å². The number of pyridine rings is 1. The molecule has 1 amide bonds. The van der Waals surface area contributed by atoms with Gasteiger partial charge in [0.1, 0.15) is 17.0 Å². The van der Waals surface area contributed by atoms with Crippen molar-refractivity contribution in [2.24, 2.45) is 7.05 Å². The Balaban J connectivity index is 1.59. The molecule has 180 valence electrons. The molecule has 0 saturated heterocycles. The van der Waals surface area contributed by atoms with Crippen molar-refractivity contribution in [1.29, 1.82) is 0 Å². The number of aromatic nitrogens is 3. The molecular formula is C24H18F4N4O3. The molecule has 0 bridgehead atoms. The number of aryl methyl sites for hydroxylation is 1. The van der Waals surface area contributed by atoms with Crippen molar-refractivity contribution in [3.05, 3.63) is 83.6 Å². The van der Waals surface area contributed by atoms with Gasteiger partial charge in [-0.05, 0) is 48.0 Å². The van der Waals surface area contributed by atoms with Crippen molar-refractivity contribution in [3.63, 3.8) is 0 Å². The molecule has 1 aliphatic heterocycles. The first-order chi connectivity index (χ1) is 16.7. The molecule has 35 heavy (non-hydrogen) atoms. The number of carbonyl (C=O) groups is 1. The fourth-order valence-electron chi connectivity index (χ4n) is 4.28. The van der Waals surface area contributed by atoms with E-state index in [0.717, 1.165) is 23.0 Å². The first-order valence-corrected chi connectivity index (χ1v) is 10.5. The monoisotopic (exact) mass is 486 g/mol. The summed E-state index contributed by atoms with van der Waals surface area (Å²) >= 11 is 0. The lowest BCUT2D eigenvalue weighted by Crippen LogP contribution is -2.50. The van der Waals surface area contributed by atoms with Gasteiger partial charge in [0.15, 0.2) is 11.6 Å². The van der Waals surface area contributed by atoms with Crippen LogP contribution in [0.3, 0.4) is 0 Å². The van der Waals surface area contributed by atoms with Gasteiger partial charge in [-0.2, -0.15) is 5.10 Å². The fraction of sp³-hybridized carbons (Fsp3) is 0.208. The van der Waals surface area contributed by atoms with Gasteiger partial charge in [0.25, 0.3) is 5.91 Å². The van der Waals surface area contributed by atoms with E-state index in [1.807, 2.05) is 0 Å². The average Bonchev–Trinajstić information content (AvgIpc) is 3.20. The van der Waals surface area contributed by atoms with Crippen LogP contribution in [0.15, 0.2) is 60.9 Å². The molecule has 2 aromatic heterocycles. The number of hydrogen-bond acceptors (Lipinski definition) is 5. The minimum atomic E-state index is -5.05. The third-order valence-corrected chi connectivity index (χ3v) is 5.90. The minimum absolute atomic E-state index is 0.156. The first-order valence-electron chi connectivity index (χ1n) is 10.5. The van der Waals surface area contributed by atoms with Crippen LogP contribution in [0, 0.1) is 5.82 Å². The topological polar surface area (TPSA) is 78.3 Å². The summed E-state index contributed by atoms with van der Waals surface area (Å²) in [4.78, 5) is 17.8. The van der Waals surface area contributed by atoms with E-state index in [1.165, 1.54) is 12.3 Å². The largest absolute Gasteiger partial charge is 0.573 e. The van der Waals surface area contributed by atoms with Gasteiger partial charge in [0.05, 0.1) is 18.3 Å². The molecule has 4 aromatic rings. The van der Waals surface area contributed by atoms with Gasteiger partial charge >= 0.3 is 6.36 Å². The molecule has 1 atom stereocenters. The second-order valence-corrected chi connectivity index (χ2v) is 8.04. The number of hydrogen-bond donors (Lipinski definition) is 1. The number of nitrogens with zero attached hydrogens (tertiary/aromatic N) is 3. The predicted molar refractivity (Wildman–Crippen MR) is 116 cm³/mol. The molecule has 0 spiro atoms. The lowest BCUT2D eigenvalue weighted by Gasteiger charge is -2.39. The molecule has 11 heteroatoms. The van der Waals surface area contributed by atoms with Crippen molar-refractivity contribution in [2.75, 3.05) is 6.61 Å². The summed E-state index contributed by atoms with van der Waals surface area (Å²) in [5.41, 5.74) is 0.297. The van der Waals surface area contributed by atoms with Crippen LogP contribution < -0.4 is 14.8 Å². The minimum Gasteiger partial charge on any atom is -0.491 e. The molecule has 0 aliphatic carbocycles. The van der Waals surface area contributed by atoms with E-state index in [0.29, 0.717) is 17.0 Å². The van der Waals surface area contributed by atoms with Gasteiger partial charge in [-0.25, -0.2) is 4.39 Å². The number of benzene rings is 2. The Bertz CT molecular complexity index is 1440. The zero-order chi connectivity index (χ0) is 24.8. The van der Waals surface area contributed by atoms with E-state index in [2.05, 4.69) is 20.1 Å². The maximum atomic E-state index is 14.7. The summed E-state index contributed by atoms with van der Waals surface area (Å²) in [6.07, 6.45) is -1.77. The zero-order valence-corrected chi connectivity index (χ0v) is 18.3. The quantitative estimate of drug-likeness (QED) is 0.431. The number of carbonyl (C=O) groups excluding carboxylic acids is 1. The van der Waals surface area contributed by atoms with Crippen LogP contribution in [0.1, 0.15) is 28.0 Å². The number of ether oxygens (including phenoxy) is 2. The Morgan fingerprint density at radius 3 is 2.80 bits per heavy atom.